The van der Waals surface area contributed by atoms with Gasteiger partial charge in [-0.05, 0) is 30.5 Å². The van der Waals surface area contributed by atoms with Crippen LogP contribution in [0.5, 0.6) is 11.5 Å². The molecule has 0 radical (unpaired) electrons. The molecule has 0 bridgehead atoms. The standard InChI is InChI=1S/C28H26F5N5O4S/c1-41-18-11-10-17(20(13-18)42-2)15-38-24(40)21-23(36-25(38)27(29,30)28(31,32)33)43-26(35-21)37-12-6-9-19(37)22(39)34-14-16-7-4-3-5-8-16/h3-5,7-8,10-11,13,19H,6,9,12,14-15H2,1-2H3,(H,34,39)/t19-/m1/s1. The second-order valence-corrected chi connectivity index (χ2v) is 10.7. The van der Waals surface area contributed by atoms with E-state index < -0.39 is 40.9 Å². The van der Waals surface area contributed by atoms with E-state index in [0.717, 1.165) is 5.56 Å². The fourth-order valence-electron chi connectivity index (χ4n) is 4.86. The maximum Gasteiger partial charge on any atom is 0.461 e. The lowest BCUT2D eigenvalue weighted by Gasteiger charge is -2.23. The average Bonchev–Trinajstić information content (AvgIpc) is 3.65. The van der Waals surface area contributed by atoms with Gasteiger partial charge in [0.25, 0.3) is 5.56 Å². The summed E-state index contributed by atoms with van der Waals surface area (Å²) in [6, 6.07) is 12.8. The summed E-state index contributed by atoms with van der Waals surface area (Å²) in [6.45, 7) is -0.0656. The SMILES string of the molecule is COc1ccc(Cn2c(C(F)(F)C(F)(F)F)nc3sc(N4CCC[C@@H]4C(=O)NCc4ccccc4)nc3c2=O)c(OC)c1. The number of alkyl halides is 5. The van der Waals surface area contributed by atoms with Crippen LogP contribution in [0.3, 0.4) is 0 Å². The zero-order valence-corrected chi connectivity index (χ0v) is 23.8. The number of amides is 1. The number of halogens is 5. The van der Waals surface area contributed by atoms with Crippen molar-refractivity contribution < 1.29 is 36.2 Å². The smallest absolute Gasteiger partial charge is 0.461 e. The number of fused-ring (bicyclic) bond motifs is 1. The van der Waals surface area contributed by atoms with Gasteiger partial charge in [0, 0.05) is 24.7 Å². The zero-order valence-electron chi connectivity index (χ0n) is 23.0. The predicted molar refractivity (Wildman–Crippen MR) is 149 cm³/mol. The van der Waals surface area contributed by atoms with E-state index in [-0.39, 0.29) is 39.0 Å². The van der Waals surface area contributed by atoms with Gasteiger partial charge in [-0.25, -0.2) is 9.97 Å². The lowest BCUT2D eigenvalue weighted by molar-refractivity contribution is -0.293. The van der Waals surface area contributed by atoms with Crippen molar-refractivity contribution in [2.24, 2.45) is 0 Å². The number of aromatic nitrogens is 3. The first-order chi connectivity index (χ1) is 20.4. The predicted octanol–water partition coefficient (Wildman–Crippen LogP) is 4.86. The largest absolute Gasteiger partial charge is 0.497 e. The van der Waals surface area contributed by atoms with Crippen molar-refractivity contribution in [1.82, 2.24) is 19.9 Å². The number of nitrogens with zero attached hydrogens (tertiary/aromatic N) is 4. The molecule has 15 heteroatoms. The molecule has 0 saturated carbocycles. The Morgan fingerprint density at radius 3 is 2.49 bits per heavy atom. The summed E-state index contributed by atoms with van der Waals surface area (Å²) in [5, 5.41) is 2.98. The molecule has 1 aliphatic rings. The minimum absolute atomic E-state index is 0.105. The fourth-order valence-corrected chi connectivity index (χ4v) is 5.86. The number of rotatable bonds is 9. The van der Waals surface area contributed by atoms with E-state index in [1.807, 2.05) is 30.3 Å². The van der Waals surface area contributed by atoms with Crippen molar-refractivity contribution in [3.8, 4) is 11.5 Å². The Bertz CT molecular complexity index is 1690. The number of hydrogen-bond acceptors (Lipinski definition) is 8. The van der Waals surface area contributed by atoms with Crippen LogP contribution in [0, 0.1) is 0 Å². The minimum Gasteiger partial charge on any atom is -0.497 e. The number of thiazole rings is 1. The van der Waals surface area contributed by atoms with Crippen LogP contribution in [-0.4, -0.2) is 53.4 Å². The molecule has 1 fully saturated rings. The van der Waals surface area contributed by atoms with Crippen LogP contribution >= 0.6 is 11.3 Å². The van der Waals surface area contributed by atoms with Gasteiger partial charge >= 0.3 is 12.1 Å². The van der Waals surface area contributed by atoms with E-state index in [1.165, 1.54) is 32.4 Å². The van der Waals surface area contributed by atoms with Gasteiger partial charge in [-0.1, -0.05) is 41.7 Å². The molecule has 1 aliphatic heterocycles. The lowest BCUT2D eigenvalue weighted by atomic mass is 10.1. The summed E-state index contributed by atoms with van der Waals surface area (Å²) >= 11 is 0.681. The molecule has 1 amide bonds. The van der Waals surface area contributed by atoms with Crippen molar-refractivity contribution in [1.29, 1.82) is 0 Å². The average molecular weight is 624 g/mol. The molecule has 9 nitrogen and oxygen atoms in total. The first kappa shape index (κ1) is 30.2. The Hall–Kier alpha value is -4.27. The maximum absolute atomic E-state index is 14.9. The van der Waals surface area contributed by atoms with Crippen molar-refractivity contribution in [2.45, 2.75) is 44.1 Å². The summed E-state index contributed by atoms with van der Waals surface area (Å²) in [6.07, 6.45) is -4.97. The molecule has 2 aromatic heterocycles. The summed E-state index contributed by atoms with van der Waals surface area (Å²) in [5.74, 6) is -7.09. The number of benzene rings is 2. The van der Waals surface area contributed by atoms with Gasteiger partial charge in [0.15, 0.2) is 21.3 Å². The molecular weight excluding hydrogens is 597 g/mol. The highest BCUT2D eigenvalue weighted by Gasteiger charge is 2.62. The second-order valence-electron chi connectivity index (χ2n) is 9.78. The molecule has 4 aromatic rings. The first-order valence-corrected chi connectivity index (χ1v) is 13.9. The van der Waals surface area contributed by atoms with Gasteiger partial charge in [-0.15, -0.1) is 0 Å². The number of nitrogens with one attached hydrogen (secondary N) is 1. The molecule has 0 spiro atoms. The second kappa shape index (κ2) is 11.8. The zero-order chi connectivity index (χ0) is 30.9. The number of carbonyl (C=O) groups is 1. The summed E-state index contributed by atoms with van der Waals surface area (Å²) in [7, 11) is 2.67. The van der Waals surface area contributed by atoms with Gasteiger partial charge < -0.3 is 19.7 Å². The molecule has 43 heavy (non-hydrogen) atoms. The van der Waals surface area contributed by atoms with Crippen LogP contribution in [0.4, 0.5) is 27.1 Å². The molecule has 2 aromatic carbocycles. The van der Waals surface area contributed by atoms with Crippen LogP contribution in [0.25, 0.3) is 10.3 Å². The highest BCUT2D eigenvalue weighted by atomic mass is 32.1. The summed E-state index contributed by atoms with van der Waals surface area (Å²) in [5.41, 5.74) is -0.550. The quantitative estimate of drug-likeness (QED) is 0.266. The fraction of sp³-hybridized carbons (Fsp3) is 0.357. The van der Waals surface area contributed by atoms with Crippen LogP contribution in [0.2, 0.25) is 0 Å². The van der Waals surface area contributed by atoms with Crippen LogP contribution in [0.15, 0.2) is 53.3 Å². The molecule has 3 heterocycles. The molecule has 1 N–H and O–H groups in total. The third kappa shape index (κ3) is 5.85. The van der Waals surface area contributed by atoms with Crippen molar-refractivity contribution in [3.05, 3.63) is 75.8 Å². The number of hydrogen-bond donors (Lipinski definition) is 1. The Kier molecular flexibility index (Phi) is 8.27. The van der Waals surface area contributed by atoms with E-state index in [1.54, 1.807) is 4.90 Å². The van der Waals surface area contributed by atoms with E-state index in [9.17, 15) is 31.5 Å². The van der Waals surface area contributed by atoms with Crippen molar-refractivity contribution in [2.75, 3.05) is 25.7 Å². The molecule has 0 aliphatic carbocycles. The van der Waals surface area contributed by atoms with Gasteiger partial charge in [0.1, 0.15) is 17.5 Å². The van der Waals surface area contributed by atoms with Gasteiger partial charge in [-0.2, -0.15) is 22.0 Å². The molecular formula is C28H26F5N5O4S. The number of ether oxygens (including phenoxy) is 2. The number of carbonyl (C=O) groups excluding carboxylic acids is 1. The van der Waals surface area contributed by atoms with E-state index in [2.05, 4.69) is 15.3 Å². The van der Waals surface area contributed by atoms with Gasteiger partial charge in [-0.3, -0.25) is 14.2 Å². The molecule has 0 unspecified atom stereocenters. The van der Waals surface area contributed by atoms with Crippen molar-refractivity contribution >= 4 is 32.7 Å². The van der Waals surface area contributed by atoms with Crippen LogP contribution in [0.1, 0.15) is 29.8 Å². The third-order valence-corrected chi connectivity index (χ3v) is 8.07. The first-order valence-electron chi connectivity index (χ1n) is 13.1. The van der Waals surface area contributed by atoms with Gasteiger partial charge in [0.2, 0.25) is 5.91 Å². The topological polar surface area (TPSA) is 98.6 Å². The third-order valence-electron chi connectivity index (χ3n) is 7.08. The number of methoxy groups -OCH3 is 2. The Morgan fingerprint density at radius 1 is 1.07 bits per heavy atom. The van der Waals surface area contributed by atoms with Crippen LogP contribution in [-0.2, 0) is 23.8 Å². The highest BCUT2D eigenvalue weighted by molar-refractivity contribution is 7.21. The highest BCUT2D eigenvalue weighted by Crippen LogP contribution is 2.44. The Labute approximate surface area is 245 Å². The normalized spacial score (nSPS) is 15.6. The molecule has 1 saturated heterocycles. The summed E-state index contributed by atoms with van der Waals surface area (Å²) < 4.78 is 81.1. The van der Waals surface area contributed by atoms with E-state index in [0.29, 0.717) is 36.5 Å². The number of anilines is 1. The maximum atomic E-state index is 14.9. The minimum atomic E-state index is -6.03. The molecule has 228 valence electrons. The molecule has 5 rings (SSSR count). The van der Waals surface area contributed by atoms with E-state index >= 15 is 0 Å². The summed E-state index contributed by atoms with van der Waals surface area (Å²) in [4.78, 5) is 35.8. The lowest BCUT2D eigenvalue weighted by Crippen LogP contribution is -2.43. The monoisotopic (exact) mass is 623 g/mol. The Balaban J connectivity index is 1.54. The van der Waals surface area contributed by atoms with Crippen molar-refractivity contribution in [3.63, 3.8) is 0 Å². The van der Waals surface area contributed by atoms with E-state index in [4.69, 9.17) is 9.47 Å². The van der Waals surface area contributed by atoms with Gasteiger partial charge in [0.05, 0.1) is 20.8 Å². The molecule has 1 atom stereocenters. The Morgan fingerprint density at radius 2 is 1.81 bits per heavy atom. The van der Waals surface area contributed by atoms with Crippen LogP contribution < -0.4 is 25.2 Å².